The van der Waals surface area contributed by atoms with Crippen LogP contribution in [0.2, 0.25) is 0 Å². The molecule has 1 aliphatic carbocycles. The maximum absolute atomic E-state index is 13.7. The van der Waals surface area contributed by atoms with Crippen LogP contribution in [0.5, 0.6) is 0 Å². The number of nitrogens with zero attached hydrogens (tertiary/aromatic N) is 1. The summed E-state index contributed by atoms with van der Waals surface area (Å²) in [4.78, 5) is 43.2. The van der Waals surface area contributed by atoms with Gasteiger partial charge in [-0.05, 0) is 63.3 Å². The molecule has 3 rings (SSSR count). The molecule has 1 fully saturated rings. The van der Waals surface area contributed by atoms with Crippen molar-refractivity contribution >= 4 is 17.7 Å². The van der Waals surface area contributed by atoms with E-state index in [0.717, 1.165) is 25.7 Å². The lowest BCUT2D eigenvalue weighted by molar-refractivity contribution is 0.0519. The molecular weight excluding hydrogens is 411 g/mol. The third kappa shape index (κ3) is 5.44. The number of ether oxygens (including phenoxy) is 1. The van der Waals surface area contributed by atoms with Gasteiger partial charge < -0.3 is 14.6 Å². The van der Waals surface area contributed by atoms with E-state index in [9.17, 15) is 18.8 Å². The molecule has 0 radical (unpaired) electrons. The number of hydrogen-bond acceptors (Lipinski definition) is 4. The van der Waals surface area contributed by atoms with Crippen LogP contribution in [0.3, 0.4) is 0 Å². The second kappa shape index (κ2) is 10.6. The lowest BCUT2D eigenvalue weighted by Gasteiger charge is -2.29. The van der Waals surface area contributed by atoms with E-state index in [1.807, 2.05) is 0 Å². The number of hydrogen-bond donors (Lipinski definition) is 1. The lowest BCUT2D eigenvalue weighted by atomic mass is 9.88. The van der Waals surface area contributed by atoms with E-state index in [0.29, 0.717) is 29.3 Å². The van der Waals surface area contributed by atoms with Crippen molar-refractivity contribution in [3.05, 3.63) is 58.2 Å². The molecule has 0 atom stereocenters. The molecule has 0 aliphatic heterocycles. The largest absolute Gasteiger partial charge is 0.461 e. The predicted molar refractivity (Wildman–Crippen MR) is 119 cm³/mol. The molecule has 1 aromatic carbocycles. The van der Waals surface area contributed by atoms with Crippen LogP contribution in [0, 0.1) is 25.6 Å². The summed E-state index contributed by atoms with van der Waals surface area (Å²) >= 11 is 0. The molecule has 0 bridgehead atoms. The average molecular weight is 443 g/mol. The molecule has 1 N–H and O–H groups in total. The Balaban J connectivity index is 1.86. The fraction of sp³-hybridized carbons (Fsp3) is 0.480. The number of rotatable bonds is 8. The first-order valence-electron chi connectivity index (χ1n) is 11.3. The first-order chi connectivity index (χ1) is 15.3. The number of carbonyl (C=O) groups is 3. The number of aryl methyl sites for hydroxylation is 1. The van der Waals surface area contributed by atoms with Gasteiger partial charge in [-0.1, -0.05) is 25.3 Å². The van der Waals surface area contributed by atoms with E-state index >= 15 is 0 Å². The number of amides is 1. The third-order valence-electron chi connectivity index (χ3n) is 6.09. The van der Waals surface area contributed by atoms with Gasteiger partial charge in [-0.15, -0.1) is 0 Å². The van der Waals surface area contributed by atoms with E-state index < -0.39 is 11.8 Å². The van der Waals surface area contributed by atoms with Gasteiger partial charge in [0.1, 0.15) is 11.5 Å². The third-order valence-corrected chi connectivity index (χ3v) is 6.09. The predicted octanol–water partition coefficient (Wildman–Crippen LogP) is 4.85. The van der Waals surface area contributed by atoms with Crippen LogP contribution in [0.25, 0.3) is 0 Å². The first kappa shape index (κ1) is 23.7. The quantitative estimate of drug-likeness (QED) is 0.468. The monoisotopic (exact) mass is 442 g/mol. The number of aromatic amines is 1. The van der Waals surface area contributed by atoms with Crippen molar-refractivity contribution in [3.63, 3.8) is 0 Å². The normalized spacial score (nSPS) is 14.2. The van der Waals surface area contributed by atoms with Gasteiger partial charge in [0, 0.05) is 23.4 Å². The number of benzene rings is 1. The van der Waals surface area contributed by atoms with Crippen LogP contribution in [-0.4, -0.2) is 47.2 Å². The minimum Gasteiger partial charge on any atom is -0.461 e. The molecule has 2 aromatic rings. The maximum Gasteiger partial charge on any atom is 0.355 e. The highest BCUT2D eigenvalue weighted by atomic mass is 19.1. The van der Waals surface area contributed by atoms with Crippen LogP contribution in [0.4, 0.5) is 4.39 Å². The molecule has 1 amide bonds. The van der Waals surface area contributed by atoms with E-state index in [1.165, 1.54) is 29.5 Å². The van der Waals surface area contributed by atoms with E-state index in [4.69, 9.17) is 4.74 Å². The SMILES string of the molecule is CCOC(=O)c1[nH]c(C)c(C(=O)CN(CC2CCCCC2)C(=O)c2cccc(F)c2)c1C. The zero-order chi connectivity index (χ0) is 23.3. The Morgan fingerprint density at radius 2 is 1.88 bits per heavy atom. The van der Waals surface area contributed by atoms with Crippen molar-refractivity contribution in [2.24, 2.45) is 5.92 Å². The van der Waals surface area contributed by atoms with Crippen LogP contribution in [0.1, 0.15) is 81.5 Å². The van der Waals surface area contributed by atoms with Gasteiger partial charge in [0.2, 0.25) is 0 Å². The smallest absolute Gasteiger partial charge is 0.355 e. The van der Waals surface area contributed by atoms with Crippen molar-refractivity contribution < 1.29 is 23.5 Å². The summed E-state index contributed by atoms with van der Waals surface area (Å²) in [5, 5.41) is 0. The molecule has 0 saturated heterocycles. The zero-order valence-electron chi connectivity index (χ0n) is 19.0. The van der Waals surface area contributed by atoms with E-state index in [2.05, 4.69) is 4.98 Å². The van der Waals surface area contributed by atoms with Gasteiger partial charge in [-0.3, -0.25) is 9.59 Å². The van der Waals surface area contributed by atoms with Crippen LogP contribution >= 0.6 is 0 Å². The van der Waals surface area contributed by atoms with Gasteiger partial charge >= 0.3 is 5.97 Å². The number of aromatic nitrogens is 1. The second-order valence-corrected chi connectivity index (χ2v) is 8.47. The molecular formula is C25H31FN2O4. The number of ketones is 1. The molecule has 1 heterocycles. The number of H-pyrrole nitrogens is 1. The molecule has 0 spiro atoms. The fourth-order valence-corrected chi connectivity index (χ4v) is 4.53. The standard InChI is InChI=1S/C25H31FN2O4/c1-4-32-25(31)23-16(2)22(17(3)27-23)21(29)15-28(14-18-9-6-5-7-10-18)24(30)19-11-8-12-20(26)13-19/h8,11-13,18,27H,4-7,9-10,14-15H2,1-3H3. The minimum absolute atomic E-state index is 0.131. The maximum atomic E-state index is 13.7. The molecule has 1 saturated carbocycles. The van der Waals surface area contributed by atoms with Crippen LogP contribution in [0.15, 0.2) is 24.3 Å². The lowest BCUT2D eigenvalue weighted by Crippen LogP contribution is -2.40. The number of nitrogens with one attached hydrogen (secondary N) is 1. The van der Waals surface area contributed by atoms with Gasteiger partial charge in [0.15, 0.2) is 5.78 Å². The zero-order valence-corrected chi connectivity index (χ0v) is 19.0. The number of halogens is 1. The van der Waals surface area contributed by atoms with Crippen LogP contribution in [-0.2, 0) is 4.74 Å². The highest BCUT2D eigenvalue weighted by molar-refractivity contribution is 6.05. The summed E-state index contributed by atoms with van der Waals surface area (Å²) in [6.45, 7) is 5.70. The van der Waals surface area contributed by atoms with Crippen molar-refractivity contribution in [2.75, 3.05) is 19.7 Å². The van der Waals surface area contributed by atoms with Gasteiger partial charge in [-0.2, -0.15) is 0 Å². The second-order valence-electron chi connectivity index (χ2n) is 8.47. The Morgan fingerprint density at radius 3 is 2.53 bits per heavy atom. The van der Waals surface area contributed by atoms with Crippen molar-refractivity contribution in [3.8, 4) is 0 Å². The summed E-state index contributed by atoms with van der Waals surface area (Å²) in [7, 11) is 0. The number of carbonyl (C=O) groups excluding carboxylic acids is 3. The molecule has 172 valence electrons. The van der Waals surface area contributed by atoms with E-state index in [-0.39, 0.29) is 36.1 Å². The highest BCUT2D eigenvalue weighted by Crippen LogP contribution is 2.26. The van der Waals surface area contributed by atoms with Crippen molar-refractivity contribution in [2.45, 2.75) is 52.9 Å². The Labute approximate surface area is 188 Å². The topological polar surface area (TPSA) is 79.5 Å². The molecule has 6 nitrogen and oxygen atoms in total. The summed E-state index contributed by atoms with van der Waals surface area (Å²) in [5.74, 6) is -1.30. The van der Waals surface area contributed by atoms with Crippen molar-refractivity contribution in [1.82, 2.24) is 9.88 Å². The Morgan fingerprint density at radius 1 is 1.16 bits per heavy atom. The molecule has 1 aliphatic rings. The summed E-state index contributed by atoms with van der Waals surface area (Å²) < 4.78 is 18.8. The van der Waals surface area contributed by atoms with Crippen LogP contribution < -0.4 is 0 Å². The summed E-state index contributed by atoms with van der Waals surface area (Å²) in [5.41, 5.74) is 1.95. The first-order valence-corrected chi connectivity index (χ1v) is 11.3. The van der Waals surface area contributed by atoms with Gasteiger partial charge in [-0.25, -0.2) is 9.18 Å². The van der Waals surface area contributed by atoms with E-state index in [1.54, 1.807) is 26.8 Å². The van der Waals surface area contributed by atoms with Gasteiger partial charge in [0.05, 0.1) is 13.2 Å². The number of Topliss-reactive ketones (excluding diaryl/α,β-unsaturated/α-hetero) is 1. The minimum atomic E-state index is -0.512. The Hall–Kier alpha value is -2.96. The fourth-order valence-electron chi connectivity index (χ4n) is 4.53. The number of esters is 1. The average Bonchev–Trinajstić information content (AvgIpc) is 3.07. The Bertz CT molecular complexity index is 992. The summed E-state index contributed by atoms with van der Waals surface area (Å²) in [6.07, 6.45) is 5.43. The molecule has 1 aromatic heterocycles. The molecule has 32 heavy (non-hydrogen) atoms. The summed E-state index contributed by atoms with van der Waals surface area (Å²) in [6, 6.07) is 5.55. The Kier molecular flexibility index (Phi) is 7.83. The molecule has 7 heteroatoms. The molecule has 0 unspecified atom stereocenters. The highest BCUT2D eigenvalue weighted by Gasteiger charge is 2.28. The van der Waals surface area contributed by atoms with Crippen molar-refractivity contribution in [1.29, 1.82) is 0 Å². The van der Waals surface area contributed by atoms with Gasteiger partial charge in [0.25, 0.3) is 5.91 Å².